The molecule has 0 radical (unpaired) electrons. The summed E-state index contributed by atoms with van der Waals surface area (Å²) < 4.78 is 9.08. The Balaban J connectivity index is 1.35. The largest absolute Gasteiger partial charge is 0.377 e. The van der Waals surface area contributed by atoms with Crippen LogP contribution in [-0.2, 0) is 11.8 Å². The predicted molar refractivity (Wildman–Crippen MR) is 148 cm³/mol. The number of pyridine rings is 2. The minimum absolute atomic E-state index is 0.00274. The highest BCUT2D eigenvalue weighted by atomic mass is 32.1. The molecule has 6 rings (SSSR count). The number of hydrogen-bond acceptors (Lipinski definition) is 8. The van der Waals surface area contributed by atoms with Gasteiger partial charge in [0.2, 0.25) is 0 Å². The molecule has 2 aliphatic heterocycles. The number of aromatic nitrogens is 5. The second-order valence-corrected chi connectivity index (χ2v) is 11.6. The van der Waals surface area contributed by atoms with Gasteiger partial charge in [-0.05, 0) is 38.8 Å². The Bertz CT molecular complexity index is 1500. The van der Waals surface area contributed by atoms with E-state index in [0.29, 0.717) is 19.3 Å². The molecular formula is C27H35N7O2S. The normalized spacial score (nSPS) is 22.1. The zero-order valence-electron chi connectivity index (χ0n) is 22.2. The van der Waals surface area contributed by atoms with Crippen molar-refractivity contribution in [3.05, 3.63) is 45.5 Å². The average molecular weight is 522 g/mol. The van der Waals surface area contributed by atoms with Gasteiger partial charge in [0.05, 0.1) is 41.2 Å². The van der Waals surface area contributed by atoms with E-state index < -0.39 is 0 Å². The number of ether oxygens (including phenoxy) is 1. The third-order valence-corrected chi connectivity index (χ3v) is 9.08. The third-order valence-electron chi connectivity index (χ3n) is 8.20. The maximum absolute atomic E-state index is 13.0. The summed E-state index contributed by atoms with van der Waals surface area (Å²) in [6, 6.07) is 7.05. The Hall–Kier alpha value is -2.82. The van der Waals surface area contributed by atoms with E-state index in [2.05, 4.69) is 47.7 Å². The van der Waals surface area contributed by atoms with Crippen molar-refractivity contribution in [3.63, 3.8) is 0 Å². The minimum Gasteiger partial charge on any atom is -0.377 e. The Morgan fingerprint density at radius 2 is 1.92 bits per heavy atom. The van der Waals surface area contributed by atoms with Gasteiger partial charge in [-0.15, -0.1) is 0 Å². The van der Waals surface area contributed by atoms with E-state index in [-0.39, 0.29) is 23.7 Å². The summed E-state index contributed by atoms with van der Waals surface area (Å²) in [4.78, 5) is 28.7. The molecule has 2 aliphatic rings. The van der Waals surface area contributed by atoms with Gasteiger partial charge < -0.3 is 14.2 Å². The molecule has 0 saturated carbocycles. The van der Waals surface area contributed by atoms with Crippen LogP contribution < -0.4 is 10.5 Å². The molecule has 2 fully saturated rings. The molecule has 4 aromatic heterocycles. The van der Waals surface area contributed by atoms with Crippen LogP contribution in [0.15, 0.2) is 29.2 Å². The van der Waals surface area contributed by atoms with Gasteiger partial charge in [0.1, 0.15) is 15.9 Å². The Morgan fingerprint density at radius 1 is 1.14 bits per heavy atom. The number of piperazine rings is 1. The lowest BCUT2D eigenvalue weighted by Crippen LogP contribution is -2.59. The fourth-order valence-corrected chi connectivity index (χ4v) is 6.58. The van der Waals surface area contributed by atoms with Crippen molar-refractivity contribution >= 4 is 38.4 Å². The molecule has 0 N–H and O–H groups in total. The van der Waals surface area contributed by atoms with Crippen LogP contribution in [0.2, 0.25) is 0 Å². The number of anilines is 1. The third kappa shape index (κ3) is 4.15. The van der Waals surface area contributed by atoms with Crippen molar-refractivity contribution in [1.82, 2.24) is 29.2 Å². The Kier molecular flexibility index (Phi) is 6.29. The molecule has 0 amide bonds. The average Bonchev–Trinajstić information content (AvgIpc) is 3.46. The molecule has 9 nitrogen and oxygen atoms in total. The van der Waals surface area contributed by atoms with Crippen molar-refractivity contribution in [2.24, 2.45) is 7.05 Å². The first-order chi connectivity index (χ1) is 17.9. The fourth-order valence-electron chi connectivity index (χ4n) is 5.79. The molecule has 2 saturated heterocycles. The molecule has 6 heterocycles. The standard InChI is InChI=1S/C27H35N7O2S/c1-6-18-12-33(23-10-25(35)31(5)24-13-34(30-26(23)24)20-14-36-15-20)19(7-2)11-32(18)16(3)21-8-9-22-27(29-21)37-17(4)28-22/h8-10,13,16,18-20H,6-7,11-12,14-15H2,1-5H3/t16?,18-,19+/m1/s1. The first-order valence-corrected chi connectivity index (χ1v) is 14.1. The van der Waals surface area contributed by atoms with Gasteiger partial charge in [0.25, 0.3) is 5.56 Å². The predicted octanol–water partition coefficient (Wildman–Crippen LogP) is 4.06. The molecule has 0 aliphatic carbocycles. The van der Waals surface area contributed by atoms with Gasteiger partial charge in [-0.2, -0.15) is 5.10 Å². The summed E-state index contributed by atoms with van der Waals surface area (Å²) in [5.41, 5.74) is 4.80. The first-order valence-electron chi connectivity index (χ1n) is 13.3. The lowest BCUT2D eigenvalue weighted by Gasteiger charge is -2.49. The summed E-state index contributed by atoms with van der Waals surface area (Å²) in [7, 11) is 1.83. The van der Waals surface area contributed by atoms with Crippen LogP contribution in [0.3, 0.4) is 0 Å². The van der Waals surface area contributed by atoms with E-state index >= 15 is 0 Å². The molecule has 3 atom stereocenters. The maximum Gasteiger partial charge on any atom is 0.252 e. The van der Waals surface area contributed by atoms with Crippen molar-refractivity contribution in [1.29, 1.82) is 0 Å². The summed E-state index contributed by atoms with van der Waals surface area (Å²) in [5.74, 6) is 0. The van der Waals surface area contributed by atoms with E-state index in [0.717, 1.165) is 63.7 Å². The first kappa shape index (κ1) is 24.5. The smallest absolute Gasteiger partial charge is 0.252 e. The molecular weight excluding hydrogens is 486 g/mol. The zero-order chi connectivity index (χ0) is 25.8. The Morgan fingerprint density at radius 3 is 2.62 bits per heavy atom. The number of aryl methyl sites for hydroxylation is 2. The quantitative estimate of drug-likeness (QED) is 0.378. The van der Waals surface area contributed by atoms with E-state index in [9.17, 15) is 4.79 Å². The van der Waals surface area contributed by atoms with Crippen molar-refractivity contribution in [2.75, 3.05) is 31.2 Å². The van der Waals surface area contributed by atoms with Crippen molar-refractivity contribution < 1.29 is 4.74 Å². The van der Waals surface area contributed by atoms with Crippen LogP contribution in [0.5, 0.6) is 0 Å². The highest BCUT2D eigenvalue weighted by Crippen LogP contribution is 2.35. The number of thiazole rings is 1. The molecule has 196 valence electrons. The van der Waals surface area contributed by atoms with Gasteiger partial charge in [0, 0.05) is 50.5 Å². The monoisotopic (exact) mass is 521 g/mol. The maximum atomic E-state index is 13.0. The van der Waals surface area contributed by atoms with Gasteiger partial charge in [-0.3, -0.25) is 14.4 Å². The SMILES string of the molecule is CC[C@H]1CN(C(C)c2ccc3nc(C)sc3n2)[C@H](CC)CN1c1cc(=O)n(C)c2cn(C3COC3)nc12. The molecule has 0 bridgehead atoms. The van der Waals surface area contributed by atoms with E-state index in [1.807, 2.05) is 24.9 Å². The topological polar surface area (TPSA) is 81.3 Å². The van der Waals surface area contributed by atoms with Crippen LogP contribution in [-0.4, -0.2) is 67.6 Å². The van der Waals surface area contributed by atoms with E-state index in [4.69, 9.17) is 14.8 Å². The Labute approximate surface area is 220 Å². The number of hydrogen-bond donors (Lipinski definition) is 0. The fraction of sp³-hybridized carbons (Fsp3) is 0.556. The molecule has 0 aromatic carbocycles. The minimum atomic E-state index is 0.00274. The van der Waals surface area contributed by atoms with Crippen molar-refractivity contribution in [3.8, 4) is 0 Å². The summed E-state index contributed by atoms with van der Waals surface area (Å²) in [6.45, 7) is 11.9. The number of rotatable bonds is 6. The summed E-state index contributed by atoms with van der Waals surface area (Å²) >= 11 is 1.66. The van der Waals surface area contributed by atoms with Crippen LogP contribution in [0.25, 0.3) is 21.4 Å². The lowest BCUT2D eigenvalue weighted by molar-refractivity contribution is -0.0283. The zero-order valence-corrected chi connectivity index (χ0v) is 23.0. The van der Waals surface area contributed by atoms with Crippen LogP contribution >= 0.6 is 11.3 Å². The molecule has 37 heavy (non-hydrogen) atoms. The van der Waals surface area contributed by atoms with Crippen LogP contribution in [0, 0.1) is 6.92 Å². The van der Waals surface area contributed by atoms with Crippen molar-refractivity contribution in [2.45, 2.75) is 64.7 Å². The highest BCUT2D eigenvalue weighted by molar-refractivity contribution is 7.18. The molecule has 0 spiro atoms. The van der Waals surface area contributed by atoms with E-state index in [1.165, 1.54) is 0 Å². The molecule has 4 aromatic rings. The summed E-state index contributed by atoms with van der Waals surface area (Å²) in [6.07, 6.45) is 4.00. The summed E-state index contributed by atoms with van der Waals surface area (Å²) in [5, 5.41) is 6.02. The molecule has 10 heteroatoms. The van der Waals surface area contributed by atoms with Gasteiger partial charge in [0.15, 0.2) is 0 Å². The second kappa shape index (κ2) is 9.49. The number of fused-ring (bicyclic) bond motifs is 2. The van der Waals surface area contributed by atoms with Gasteiger partial charge >= 0.3 is 0 Å². The van der Waals surface area contributed by atoms with E-state index in [1.54, 1.807) is 22.0 Å². The highest BCUT2D eigenvalue weighted by Gasteiger charge is 2.37. The van der Waals surface area contributed by atoms with Crippen LogP contribution in [0.1, 0.15) is 56.4 Å². The second-order valence-electron chi connectivity index (χ2n) is 10.4. The number of nitrogens with zero attached hydrogens (tertiary/aromatic N) is 7. The lowest BCUT2D eigenvalue weighted by atomic mass is 9.98. The molecule has 1 unspecified atom stereocenters. The van der Waals surface area contributed by atoms with Gasteiger partial charge in [-0.25, -0.2) is 9.97 Å². The van der Waals surface area contributed by atoms with Crippen LogP contribution in [0.4, 0.5) is 5.69 Å². The van der Waals surface area contributed by atoms with Gasteiger partial charge in [-0.1, -0.05) is 25.2 Å².